The van der Waals surface area contributed by atoms with Crippen LogP contribution in [0, 0.1) is 5.92 Å². The Morgan fingerprint density at radius 3 is 2.65 bits per heavy atom. The lowest BCUT2D eigenvalue weighted by Gasteiger charge is -2.27. The highest BCUT2D eigenvalue weighted by Gasteiger charge is 2.28. The smallest absolute Gasteiger partial charge is 0.0448 e. The molecule has 2 aromatic heterocycles. The van der Waals surface area contributed by atoms with Crippen LogP contribution in [-0.2, 0) is 0 Å². The molecule has 1 N–H and O–H groups in total. The second-order valence-corrected chi connectivity index (χ2v) is 8.43. The molecule has 20 heavy (non-hydrogen) atoms. The number of hydrogen-bond acceptors (Lipinski definition) is 3. The van der Waals surface area contributed by atoms with Crippen molar-refractivity contribution in [2.75, 3.05) is 0 Å². The monoisotopic (exact) mass is 369 g/mol. The van der Waals surface area contributed by atoms with Gasteiger partial charge in [-0.05, 0) is 59.1 Å². The molecule has 2 atom stereocenters. The van der Waals surface area contributed by atoms with Gasteiger partial charge in [0.2, 0.25) is 0 Å². The van der Waals surface area contributed by atoms with Crippen LogP contribution in [0.25, 0.3) is 0 Å². The summed E-state index contributed by atoms with van der Waals surface area (Å²) < 4.78 is 1.19. The van der Waals surface area contributed by atoms with Crippen LogP contribution in [-0.4, -0.2) is 0 Å². The average Bonchev–Trinajstić information content (AvgIpc) is 3.17. The molecule has 2 heterocycles. The summed E-state index contributed by atoms with van der Waals surface area (Å²) >= 11 is 7.28. The molecular weight excluding hydrogens is 350 g/mol. The zero-order chi connectivity index (χ0) is 13.9. The predicted molar refractivity (Wildman–Crippen MR) is 92.6 cm³/mol. The Bertz CT molecular complexity index is 528. The molecule has 0 radical (unpaired) electrons. The summed E-state index contributed by atoms with van der Waals surface area (Å²) in [5.41, 5.74) is 0. The summed E-state index contributed by atoms with van der Waals surface area (Å²) in [5.74, 6) is 0.805. The maximum absolute atomic E-state index is 3.89. The maximum Gasteiger partial charge on any atom is 0.0448 e. The van der Waals surface area contributed by atoms with E-state index in [2.05, 4.69) is 57.1 Å². The first kappa shape index (κ1) is 14.8. The van der Waals surface area contributed by atoms with Gasteiger partial charge in [-0.25, -0.2) is 0 Å². The van der Waals surface area contributed by atoms with E-state index in [1.54, 1.807) is 0 Å². The lowest BCUT2D eigenvalue weighted by atomic mass is 9.96. The quantitative estimate of drug-likeness (QED) is 0.665. The van der Waals surface area contributed by atoms with Crippen molar-refractivity contribution in [3.63, 3.8) is 0 Å². The van der Waals surface area contributed by atoms with Crippen molar-refractivity contribution in [3.8, 4) is 0 Å². The Labute approximate surface area is 137 Å². The van der Waals surface area contributed by atoms with Crippen LogP contribution >= 0.6 is 38.6 Å². The van der Waals surface area contributed by atoms with Gasteiger partial charge in [-0.3, -0.25) is 0 Å². The molecule has 0 aromatic carbocycles. The molecule has 108 valence electrons. The van der Waals surface area contributed by atoms with Gasteiger partial charge in [-0.2, -0.15) is 0 Å². The molecule has 1 nitrogen and oxygen atoms in total. The van der Waals surface area contributed by atoms with Crippen LogP contribution in [0.2, 0.25) is 0 Å². The fourth-order valence-electron chi connectivity index (χ4n) is 3.12. The largest absolute Gasteiger partial charge is 0.302 e. The van der Waals surface area contributed by atoms with E-state index >= 15 is 0 Å². The van der Waals surface area contributed by atoms with Crippen molar-refractivity contribution in [2.45, 2.75) is 44.7 Å². The number of halogens is 1. The van der Waals surface area contributed by atoms with E-state index in [0.29, 0.717) is 12.1 Å². The molecule has 2 aromatic rings. The Kier molecular flexibility index (Phi) is 4.97. The zero-order valence-electron chi connectivity index (χ0n) is 11.6. The molecule has 0 bridgehead atoms. The van der Waals surface area contributed by atoms with Gasteiger partial charge in [0.05, 0.1) is 0 Å². The van der Waals surface area contributed by atoms with Crippen LogP contribution < -0.4 is 5.32 Å². The van der Waals surface area contributed by atoms with Gasteiger partial charge in [-0.1, -0.05) is 18.9 Å². The van der Waals surface area contributed by atoms with E-state index in [1.807, 2.05) is 22.7 Å². The van der Waals surface area contributed by atoms with Gasteiger partial charge in [0.1, 0.15) is 0 Å². The molecule has 1 saturated carbocycles. The normalized spacial score (nSPS) is 19.3. The molecule has 0 saturated heterocycles. The summed E-state index contributed by atoms with van der Waals surface area (Å²) in [5, 5.41) is 8.26. The number of thiophene rings is 2. The van der Waals surface area contributed by atoms with Gasteiger partial charge in [0.15, 0.2) is 0 Å². The van der Waals surface area contributed by atoms with Crippen molar-refractivity contribution in [2.24, 2.45) is 5.92 Å². The van der Waals surface area contributed by atoms with Crippen molar-refractivity contribution in [1.82, 2.24) is 5.32 Å². The van der Waals surface area contributed by atoms with E-state index in [1.165, 1.54) is 39.9 Å². The summed E-state index contributed by atoms with van der Waals surface area (Å²) in [4.78, 5) is 2.91. The molecule has 2 unspecified atom stereocenters. The number of rotatable bonds is 5. The lowest BCUT2D eigenvalue weighted by molar-refractivity contribution is 0.345. The average molecular weight is 370 g/mol. The Hall–Kier alpha value is -0.160. The molecule has 1 fully saturated rings. The van der Waals surface area contributed by atoms with E-state index < -0.39 is 0 Å². The second-order valence-electron chi connectivity index (χ2n) is 5.59. The SMILES string of the molecule is CC(NC(c1cccs1)C1CCCC1)c1cc(Br)cs1. The summed E-state index contributed by atoms with van der Waals surface area (Å²) in [6.45, 7) is 2.29. The van der Waals surface area contributed by atoms with Crippen LogP contribution in [0.4, 0.5) is 0 Å². The molecule has 1 aliphatic rings. The maximum atomic E-state index is 3.89. The van der Waals surface area contributed by atoms with Crippen molar-refractivity contribution < 1.29 is 0 Å². The summed E-state index contributed by atoms with van der Waals surface area (Å²) in [7, 11) is 0. The molecule has 4 heteroatoms. The van der Waals surface area contributed by atoms with Gasteiger partial charge in [0, 0.05) is 31.7 Å². The number of nitrogens with one attached hydrogen (secondary N) is 1. The third-order valence-electron chi connectivity index (χ3n) is 4.17. The predicted octanol–water partition coefficient (Wildman–Crippen LogP) is 6.15. The molecule has 3 rings (SSSR count). The Balaban J connectivity index is 1.76. The van der Waals surface area contributed by atoms with Gasteiger partial charge in [0.25, 0.3) is 0 Å². The molecular formula is C16H20BrNS2. The standard InChI is InChI=1S/C16H20BrNS2/c1-11(15-9-13(17)10-20-15)18-16(12-5-2-3-6-12)14-7-4-8-19-14/h4,7-12,16,18H,2-3,5-6H2,1H3. The van der Waals surface area contributed by atoms with Crippen molar-refractivity contribution >= 4 is 38.6 Å². The van der Waals surface area contributed by atoms with Crippen LogP contribution in [0.1, 0.15) is 54.4 Å². The highest BCUT2D eigenvalue weighted by Crippen LogP contribution is 2.39. The second kappa shape index (κ2) is 6.73. The zero-order valence-corrected chi connectivity index (χ0v) is 14.9. The van der Waals surface area contributed by atoms with E-state index in [0.717, 1.165) is 5.92 Å². The fraction of sp³-hybridized carbons (Fsp3) is 0.500. The summed E-state index contributed by atoms with van der Waals surface area (Å²) in [6.07, 6.45) is 5.53. The van der Waals surface area contributed by atoms with Crippen molar-refractivity contribution in [3.05, 3.63) is 43.2 Å². The molecule has 0 spiro atoms. The Morgan fingerprint density at radius 2 is 2.05 bits per heavy atom. The van der Waals surface area contributed by atoms with E-state index in [-0.39, 0.29) is 0 Å². The topological polar surface area (TPSA) is 12.0 Å². The first-order valence-corrected chi connectivity index (χ1v) is 9.82. The van der Waals surface area contributed by atoms with E-state index in [9.17, 15) is 0 Å². The highest BCUT2D eigenvalue weighted by molar-refractivity contribution is 9.10. The lowest BCUT2D eigenvalue weighted by Crippen LogP contribution is -2.28. The van der Waals surface area contributed by atoms with Gasteiger partial charge < -0.3 is 5.32 Å². The van der Waals surface area contributed by atoms with Crippen molar-refractivity contribution in [1.29, 1.82) is 0 Å². The summed E-state index contributed by atoms with van der Waals surface area (Å²) in [6, 6.07) is 7.64. The third kappa shape index (κ3) is 3.35. The van der Waals surface area contributed by atoms with Crippen LogP contribution in [0.5, 0.6) is 0 Å². The van der Waals surface area contributed by atoms with Gasteiger partial charge >= 0.3 is 0 Å². The minimum atomic E-state index is 0.416. The first-order valence-electron chi connectivity index (χ1n) is 7.27. The van der Waals surface area contributed by atoms with Gasteiger partial charge in [-0.15, -0.1) is 22.7 Å². The third-order valence-corrected chi connectivity index (χ3v) is 7.00. The minimum Gasteiger partial charge on any atom is -0.302 e. The molecule has 0 amide bonds. The first-order chi connectivity index (χ1) is 9.74. The fourth-order valence-corrected chi connectivity index (χ4v) is 5.46. The van der Waals surface area contributed by atoms with E-state index in [4.69, 9.17) is 0 Å². The highest BCUT2D eigenvalue weighted by atomic mass is 79.9. The van der Waals surface area contributed by atoms with Crippen LogP contribution in [0.3, 0.4) is 0 Å². The van der Waals surface area contributed by atoms with Crippen LogP contribution in [0.15, 0.2) is 33.4 Å². The molecule has 0 aliphatic heterocycles. The molecule has 1 aliphatic carbocycles. The minimum absolute atomic E-state index is 0.416. The number of hydrogen-bond donors (Lipinski definition) is 1. The Morgan fingerprint density at radius 1 is 1.25 bits per heavy atom.